The van der Waals surface area contributed by atoms with Crippen LogP contribution in [0.3, 0.4) is 0 Å². The number of hydrogen-bond donors (Lipinski definition) is 3. The zero-order valence-electron chi connectivity index (χ0n) is 13.2. The fourth-order valence-corrected chi connectivity index (χ4v) is 2.81. The van der Waals surface area contributed by atoms with Gasteiger partial charge in [0.25, 0.3) is 0 Å². The summed E-state index contributed by atoms with van der Waals surface area (Å²) in [4.78, 5) is 2.40. The van der Waals surface area contributed by atoms with Crippen molar-refractivity contribution in [3.05, 3.63) is 0 Å². The Hall–Kier alpha value is -0.160. The summed E-state index contributed by atoms with van der Waals surface area (Å²) in [6, 6.07) is 0.478. The second-order valence-corrected chi connectivity index (χ2v) is 7.16. The van der Waals surface area contributed by atoms with Gasteiger partial charge in [-0.15, -0.1) is 0 Å². The Balaban J connectivity index is 2.54. The van der Waals surface area contributed by atoms with Crippen molar-refractivity contribution in [2.45, 2.75) is 52.7 Å². The highest BCUT2D eigenvalue weighted by Crippen LogP contribution is 2.22. The molecule has 4 N–H and O–H groups in total. The predicted molar refractivity (Wildman–Crippen MR) is 81.1 cm³/mol. The number of nitrogens with two attached hydrogens (primary N) is 1. The average molecular weight is 271 g/mol. The number of hydrogen-bond acceptors (Lipinski definition) is 4. The van der Waals surface area contributed by atoms with Crippen LogP contribution < -0.4 is 11.1 Å². The van der Waals surface area contributed by atoms with Crippen LogP contribution in [0.2, 0.25) is 0 Å². The van der Waals surface area contributed by atoms with Gasteiger partial charge in [-0.1, -0.05) is 27.7 Å². The average Bonchev–Trinajstić information content (AvgIpc) is 2.35. The van der Waals surface area contributed by atoms with Crippen LogP contribution in [0.4, 0.5) is 0 Å². The lowest BCUT2D eigenvalue weighted by molar-refractivity contribution is 0.0354. The number of likely N-dealkylation sites (tertiary alicyclic amines) is 1. The topological polar surface area (TPSA) is 61.5 Å². The first kappa shape index (κ1) is 16.9. The fourth-order valence-electron chi connectivity index (χ4n) is 2.81. The molecule has 1 aliphatic heterocycles. The molecule has 3 unspecified atom stereocenters. The molecule has 0 aromatic heterocycles. The summed E-state index contributed by atoms with van der Waals surface area (Å²) in [5.74, 6) is 0.378. The van der Waals surface area contributed by atoms with Crippen molar-refractivity contribution in [3.8, 4) is 0 Å². The van der Waals surface area contributed by atoms with E-state index in [0.717, 1.165) is 39.0 Å². The van der Waals surface area contributed by atoms with E-state index in [4.69, 9.17) is 5.73 Å². The second kappa shape index (κ2) is 7.58. The van der Waals surface area contributed by atoms with Gasteiger partial charge < -0.3 is 21.1 Å². The van der Waals surface area contributed by atoms with E-state index >= 15 is 0 Å². The van der Waals surface area contributed by atoms with Crippen molar-refractivity contribution < 1.29 is 5.11 Å². The normalized spacial score (nSPS) is 27.5. The van der Waals surface area contributed by atoms with Crippen LogP contribution in [0.15, 0.2) is 0 Å². The summed E-state index contributed by atoms with van der Waals surface area (Å²) in [6.45, 7) is 13.5. The maximum atomic E-state index is 10.1. The molecule has 0 spiro atoms. The molecule has 3 atom stereocenters. The summed E-state index contributed by atoms with van der Waals surface area (Å²) >= 11 is 0. The number of aliphatic hydroxyl groups excluding tert-OH is 1. The smallest absolute Gasteiger partial charge is 0.0578 e. The molecule has 0 aromatic rings. The van der Waals surface area contributed by atoms with Gasteiger partial charge >= 0.3 is 0 Å². The highest BCUT2D eigenvalue weighted by Gasteiger charge is 2.30. The van der Waals surface area contributed by atoms with Gasteiger partial charge in [0, 0.05) is 38.8 Å². The molecular formula is C15H33N3O. The largest absolute Gasteiger partial charge is 0.393 e. The molecule has 0 radical (unpaired) electrons. The third kappa shape index (κ3) is 6.21. The van der Waals surface area contributed by atoms with Crippen molar-refractivity contribution in [2.75, 3.05) is 32.7 Å². The van der Waals surface area contributed by atoms with Gasteiger partial charge in [0.05, 0.1) is 6.10 Å². The maximum Gasteiger partial charge on any atom is 0.0578 e. The van der Waals surface area contributed by atoms with E-state index in [1.54, 1.807) is 0 Å². The van der Waals surface area contributed by atoms with Gasteiger partial charge in [-0.05, 0) is 24.2 Å². The summed E-state index contributed by atoms with van der Waals surface area (Å²) in [5.41, 5.74) is 5.98. The highest BCUT2D eigenvalue weighted by atomic mass is 16.3. The Morgan fingerprint density at radius 2 is 2.05 bits per heavy atom. The van der Waals surface area contributed by atoms with Gasteiger partial charge in [0.15, 0.2) is 0 Å². The van der Waals surface area contributed by atoms with E-state index in [1.807, 2.05) is 0 Å². The number of aliphatic hydroxyl groups is 1. The zero-order valence-corrected chi connectivity index (χ0v) is 13.2. The van der Waals surface area contributed by atoms with Crippen molar-refractivity contribution in [2.24, 2.45) is 17.1 Å². The predicted octanol–water partition coefficient (Wildman–Crippen LogP) is 1.04. The van der Waals surface area contributed by atoms with E-state index in [-0.39, 0.29) is 6.10 Å². The maximum absolute atomic E-state index is 10.1. The molecule has 1 heterocycles. The molecule has 114 valence electrons. The summed E-state index contributed by atoms with van der Waals surface area (Å²) < 4.78 is 0. The van der Waals surface area contributed by atoms with Crippen LogP contribution in [0.1, 0.15) is 40.5 Å². The Kier molecular flexibility index (Phi) is 6.74. The SMILES string of the molecule is CCC(O)C1CC(NCC(C)(C)C)CN(CCN)C1. The summed E-state index contributed by atoms with van der Waals surface area (Å²) in [6.07, 6.45) is 1.73. The summed E-state index contributed by atoms with van der Waals surface area (Å²) in [7, 11) is 0. The quantitative estimate of drug-likeness (QED) is 0.675. The van der Waals surface area contributed by atoms with Gasteiger partial charge in [-0.2, -0.15) is 0 Å². The molecule has 0 amide bonds. The third-order valence-electron chi connectivity index (χ3n) is 3.89. The Morgan fingerprint density at radius 1 is 1.37 bits per heavy atom. The number of nitrogens with zero attached hydrogens (tertiary/aromatic N) is 1. The Labute approximate surface area is 118 Å². The zero-order chi connectivity index (χ0) is 14.5. The lowest BCUT2D eigenvalue weighted by Gasteiger charge is -2.40. The molecule has 0 bridgehead atoms. The first-order chi connectivity index (χ1) is 8.85. The van der Waals surface area contributed by atoms with Crippen LogP contribution in [-0.2, 0) is 0 Å². The molecule has 0 saturated carbocycles. The van der Waals surface area contributed by atoms with E-state index in [9.17, 15) is 5.11 Å². The molecule has 0 aliphatic carbocycles. The van der Waals surface area contributed by atoms with Crippen molar-refractivity contribution >= 4 is 0 Å². The number of piperidine rings is 1. The van der Waals surface area contributed by atoms with Crippen LogP contribution in [0.25, 0.3) is 0 Å². The standard InChI is InChI=1S/C15H33N3O/c1-5-14(19)12-8-13(17-11-15(2,3)4)10-18(9-12)7-6-16/h12-14,17,19H,5-11,16H2,1-4H3. The Bertz CT molecular complexity index is 252. The molecule has 19 heavy (non-hydrogen) atoms. The minimum absolute atomic E-state index is 0.181. The van der Waals surface area contributed by atoms with Crippen molar-refractivity contribution in [1.29, 1.82) is 0 Å². The molecule has 1 saturated heterocycles. The fraction of sp³-hybridized carbons (Fsp3) is 1.00. The van der Waals surface area contributed by atoms with Gasteiger partial charge in [-0.3, -0.25) is 0 Å². The van der Waals surface area contributed by atoms with Gasteiger partial charge in [-0.25, -0.2) is 0 Å². The van der Waals surface area contributed by atoms with E-state index in [0.29, 0.717) is 23.9 Å². The second-order valence-electron chi connectivity index (χ2n) is 7.16. The van der Waals surface area contributed by atoms with E-state index in [1.165, 1.54) is 0 Å². The lowest BCUT2D eigenvalue weighted by Crippen LogP contribution is -2.53. The molecule has 1 fully saturated rings. The van der Waals surface area contributed by atoms with Crippen molar-refractivity contribution in [3.63, 3.8) is 0 Å². The molecule has 0 aromatic carbocycles. The first-order valence-electron chi connectivity index (χ1n) is 7.69. The van der Waals surface area contributed by atoms with Crippen LogP contribution >= 0.6 is 0 Å². The van der Waals surface area contributed by atoms with Crippen molar-refractivity contribution in [1.82, 2.24) is 10.2 Å². The van der Waals surface area contributed by atoms with Gasteiger partial charge in [0.1, 0.15) is 0 Å². The van der Waals surface area contributed by atoms with Gasteiger partial charge in [0.2, 0.25) is 0 Å². The number of nitrogens with one attached hydrogen (secondary N) is 1. The molecule has 4 nitrogen and oxygen atoms in total. The number of rotatable bonds is 6. The Morgan fingerprint density at radius 3 is 2.58 bits per heavy atom. The van der Waals surface area contributed by atoms with E-state index in [2.05, 4.69) is 37.9 Å². The summed E-state index contributed by atoms with van der Waals surface area (Å²) in [5, 5.41) is 13.8. The minimum atomic E-state index is -0.181. The lowest BCUT2D eigenvalue weighted by atomic mass is 9.87. The monoisotopic (exact) mass is 271 g/mol. The molecule has 1 rings (SSSR count). The van der Waals surface area contributed by atoms with Crippen LogP contribution in [0.5, 0.6) is 0 Å². The highest BCUT2D eigenvalue weighted by molar-refractivity contribution is 4.87. The third-order valence-corrected chi connectivity index (χ3v) is 3.89. The minimum Gasteiger partial charge on any atom is -0.393 e. The van der Waals surface area contributed by atoms with Crippen LogP contribution in [-0.4, -0.2) is 54.9 Å². The van der Waals surface area contributed by atoms with E-state index < -0.39 is 0 Å². The molecule has 4 heteroatoms. The van der Waals surface area contributed by atoms with Crippen LogP contribution in [0, 0.1) is 11.3 Å². The molecular weight excluding hydrogens is 238 g/mol. The molecule has 1 aliphatic rings. The first-order valence-corrected chi connectivity index (χ1v) is 7.69.